The predicted molar refractivity (Wildman–Crippen MR) is 63.0 cm³/mol. The van der Waals surface area contributed by atoms with E-state index >= 15 is 0 Å². The van der Waals surface area contributed by atoms with E-state index in [-0.39, 0.29) is 5.69 Å². The highest BCUT2D eigenvalue weighted by atomic mass is 16.4. The van der Waals surface area contributed by atoms with E-state index in [1.165, 1.54) is 10.9 Å². The molecule has 96 valence electrons. The van der Waals surface area contributed by atoms with E-state index in [1.54, 1.807) is 0 Å². The van der Waals surface area contributed by atoms with E-state index in [9.17, 15) is 4.79 Å². The predicted octanol–water partition coefficient (Wildman–Crippen LogP) is -0.482. The second-order valence-electron chi connectivity index (χ2n) is 3.82. The summed E-state index contributed by atoms with van der Waals surface area (Å²) in [6, 6.07) is 0. The Morgan fingerprint density at radius 2 is 2.35 bits per heavy atom. The van der Waals surface area contributed by atoms with Crippen molar-refractivity contribution in [2.45, 2.75) is 13.5 Å². The summed E-state index contributed by atoms with van der Waals surface area (Å²) in [5.74, 6) is -1.05. The van der Waals surface area contributed by atoms with Crippen LogP contribution in [0.3, 0.4) is 0 Å². The molecule has 0 unspecified atom stereocenters. The number of hydrogen-bond donors (Lipinski definition) is 2. The minimum absolute atomic E-state index is 0.0179. The number of likely N-dealkylation sites (N-methyl/N-ethyl adjacent to an activating group) is 1. The Kier molecular flexibility index (Phi) is 5.58. The fourth-order valence-corrected chi connectivity index (χ4v) is 1.25. The first-order chi connectivity index (χ1) is 8.13. The van der Waals surface area contributed by atoms with E-state index in [2.05, 4.69) is 34.5 Å². The van der Waals surface area contributed by atoms with Crippen LogP contribution in [0.1, 0.15) is 17.4 Å². The lowest BCUT2D eigenvalue weighted by Gasteiger charge is -2.13. The third kappa shape index (κ3) is 4.92. The third-order valence-electron chi connectivity index (χ3n) is 2.49. The topological polar surface area (TPSA) is 83.3 Å². The smallest absolute Gasteiger partial charge is 0.358 e. The van der Waals surface area contributed by atoms with Gasteiger partial charge in [-0.2, -0.15) is 0 Å². The van der Waals surface area contributed by atoms with Crippen molar-refractivity contribution in [3.63, 3.8) is 0 Å². The van der Waals surface area contributed by atoms with E-state index in [1.807, 2.05) is 0 Å². The minimum Gasteiger partial charge on any atom is -0.476 e. The van der Waals surface area contributed by atoms with E-state index < -0.39 is 5.97 Å². The van der Waals surface area contributed by atoms with Gasteiger partial charge in [0.2, 0.25) is 0 Å². The highest BCUT2D eigenvalue weighted by molar-refractivity contribution is 5.84. The fraction of sp³-hybridized carbons (Fsp3) is 0.700. The fourth-order valence-electron chi connectivity index (χ4n) is 1.25. The van der Waals surface area contributed by atoms with Crippen LogP contribution in [0.2, 0.25) is 0 Å². The maximum atomic E-state index is 10.6. The molecule has 0 saturated heterocycles. The van der Waals surface area contributed by atoms with Crippen LogP contribution in [0.15, 0.2) is 6.20 Å². The molecule has 0 aliphatic carbocycles. The summed E-state index contributed by atoms with van der Waals surface area (Å²) in [6.45, 7) is 6.42. The summed E-state index contributed by atoms with van der Waals surface area (Å²) in [5, 5.41) is 19.2. The summed E-state index contributed by atoms with van der Waals surface area (Å²) in [6.07, 6.45) is 1.43. The molecule has 0 bridgehead atoms. The molecule has 0 aliphatic heterocycles. The molecular weight excluding hydrogens is 222 g/mol. The maximum absolute atomic E-state index is 10.6. The van der Waals surface area contributed by atoms with Gasteiger partial charge in [-0.3, -0.25) is 4.68 Å². The third-order valence-corrected chi connectivity index (χ3v) is 2.49. The second-order valence-corrected chi connectivity index (χ2v) is 3.82. The Morgan fingerprint density at radius 3 is 2.94 bits per heavy atom. The molecule has 0 aliphatic rings. The molecule has 0 fully saturated rings. The molecule has 0 aromatic carbocycles. The van der Waals surface area contributed by atoms with Gasteiger partial charge >= 0.3 is 5.97 Å². The number of nitrogens with zero attached hydrogens (tertiary/aromatic N) is 4. The molecule has 0 spiro atoms. The summed E-state index contributed by atoms with van der Waals surface area (Å²) < 4.78 is 1.53. The summed E-state index contributed by atoms with van der Waals surface area (Å²) in [5.41, 5.74) is -0.0179. The minimum atomic E-state index is -1.05. The summed E-state index contributed by atoms with van der Waals surface area (Å²) in [7, 11) is 2.07. The Hall–Kier alpha value is -1.47. The van der Waals surface area contributed by atoms with Gasteiger partial charge in [0.15, 0.2) is 5.69 Å². The maximum Gasteiger partial charge on any atom is 0.358 e. The largest absolute Gasteiger partial charge is 0.476 e. The second kappa shape index (κ2) is 6.97. The molecule has 17 heavy (non-hydrogen) atoms. The summed E-state index contributed by atoms with van der Waals surface area (Å²) >= 11 is 0. The first-order valence-electron chi connectivity index (χ1n) is 5.66. The number of carboxylic acids is 1. The highest BCUT2D eigenvalue weighted by Gasteiger charge is 2.07. The number of carboxylic acid groups (broad SMARTS) is 1. The molecule has 2 N–H and O–H groups in total. The zero-order valence-corrected chi connectivity index (χ0v) is 10.3. The Balaban J connectivity index is 2.15. The van der Waals surface area contributed by atoms with Crippen molar-refractivity contribution < 1.29 is 9.90 Å². The van der Waals surface area contributed by atoms with Crippen molar-refractivity contribution in [2.24, 2.45) is 0 Å². The lowest BCUT2D eigenvalue weighted by Crippen LogP contribution is -2.30. The highest BCUT2D eigenvalue weighted by Crippen LogP contribution is 1.91. The normalized spacial score (nSPS) is 11.0. The van der Waals surface area contributed by atoms with Crippen molar-refractivity contribution in [2.75, 3.05) is 33.2 Å². The van der Waals surface area contributed by atoms with Gasteiger partial charge < -0.3 is 15.3 Å². The zero-order valence-electron chi connectivity index (χ0n) is 10.3. The molecular formula is C10H19N5O2. The van der Waals surface area contributed by atoms with Crippen molar-refractivity contribution in [3.05, 3.63) is 11.9 Å². The van der Waals surface area contributed by atoms with Crippen LogP contribution in [0.25, 0.3) is 0 Å². The molecule has 1 aromatic rings. The van der Waals surface area contributed by atoms with Gasteiger partial charge in [0.25, 0.3) is 0 Å². The molecule has 1 heterocycles. The van der Waals surface area contributed by atoms with Crippen molar-refractivity contribution in [3.8, 4) is 0 Å². The van der Waals surface area contributed by atoms with Crippen molar-refractivity contribution >= 4 is 5.97 Å². The zero-order chi connectivity index (χ0) is 12.7. The molecule has 0 atom stereocenters. The van der Waals surface area contributed by atoms with Crippen LogP contribution in [-0.4, -0.2) is 64.2 Å². The SMILES string of the molecule is CCN(C)CCNCCn1cc(C(=O)O)nn1. The average molecular weight is 241 g/mol. The number of aromatic carboxylic acids is 1. The average Bonchev–Trinajstić information content (AvgIpc) is 2.77. The standard InChI is InChI=1S/C10H19N5O2/c1-3-14(2)6-4-11-5-7-15-8-9(10(16)17)12-13-15/h8,11H,3-7H2,1-2H3,(H,16,17). The first kappa shape index (κ1) is 13.6. The molecule has 1 aromatic heterocycles. The number of rotatable bonds is 8. The van der Waals surface area contributed by atoms with E-state index in [0.717, 1.165) is 26.2 Å². The molecule has 7 nitrogen and oxygen atoms in total. The number of carbonyl (C=O) groups is 1. The first-order valence-corrected chi connectivity index (χ1v) is 5.66. The number of hydrogen-bond acceptors (Lipinski definition) is 5. The molecule has 0 saturated carbocycles. The Labute approximate surface area is 100 Å². The molecule has 7 heteroatoms. The van der Waals surface area contributed by atoms with Crippen LogP contribution < -0.4 is 5.32 Å². The number of aromatic nitrogens is 3. The van der Waals surface area contributed by atoms with E-state index in [4.69, 9.17) is 5.11 Å². The monoisotopic (exact) mass is 241 g/mol. The van der Waals surface area contributed by atoms with Gasteiger partial charge in [-0.15, -0.1) is 5.10 Å². The Bertz CT molecular complexity index is 352. The van der Waals surface area contributed by atoms with Crippen molar-refractivity contribution in [1.82, 2.24) is 25.2 Å². The number of nitrogens with one attached hydrogen (secondary N) is 1. The van der Waals surface area contributed by atoms with Gasteiger partial charge in [-0.25, -0.2) is 4.79 Å². The molecule has 1 rings (SSSR count). The summed E-state index contributed by atoms with van der Waals surface area (Å²) in [4.78, 5) is 12.8. The van der Waals surface area contributed by atoms with Gasteiger partial charge in [0.05, 0.1) is 12.7 Å². The van der Waals surface area contributed by atoms with Gasteiger partial charge in [0.1, 0.15) is 0 Å². The van der Waals surface area contributed by atoms with Gasteiger partial charge in [0, 0.05) is 19.6 Å². The quantitative estimate of drug-likeness (QED) is 0.598. The van der Waals surface area contributed by atoms with Crippen LogP contribution in [0, 0.1) is 0 Å². The van der Waals surface area contributed by atoms with Gasteiger partial charge in [-0.05, 0) is 13.6 Å². The molecule has 0 amide bonds. The van der Waals surface area contributed by atoms with Crippen LogP contribution in [0.5, 0.6) is 0 Å². The molecule has 0 radical (unpaired) electrons. The van der Waals surface area contributed by atoms with Crippen LogP contribution in [-0.2, 0) is 6.54 Å². The van der Waals surface area contributed by atoms with Gasteiger partial charge in [-0.1, -0.05) is 12.1 Å². The lowest BCUT2D eigenvalue weighted by atomic mass is 10.5. The lowest BCUT2D eigenvalue weighted by molar-refractivity contribution is 0.0690. The van der Waals surface area contributed by atoms with E-state index in [0.29, 0.717) is 6.54 Å². The van der Waals surface area contributed by atoms with Crippen LogP contribution in [0.4, 0.5) is 0 Å². The van der Waals surface area contributed by atoms with Crippen LogP contribution >= 0.6 is 0 Å². The van der Waals surface area contributed by atoms with Crippen molar-refractivity contribution in [1.29, 1.82) is 0 Å². The Morgan fingerprint density at radius 1 is 1.59 bits per heavy atom.